The Morgan fingerprint density at radius 2 is 2.09 bits per heavy atom. The first-order valence-electron chi connectivity index (χ1n) is 7.24. The molecule has 2 aliphatic heterocycles. The van der Waals surface area contributed by atoms with Crippen molar-refractivity contribution in [3.05, 3.63) is 18.0 Å². The topological polar surface area (TPSA) is 107 Å². The van der Waals surface area contributed by atoms with E-state index >= 15 is 0 Å². The van der Waals surface area contributed by atoms with E-state index < -0.39 is 17.4 Å². The van der Waals surface area contributed by atoms with Crippen LogP contribution in [0.1, 0.15) is 29.8 Å². The minimum atomic E-state index is -0.939. The van der Waals surface area contributed by atoms with Crippen LogP contribution in [-0.4, -0.2) is 68.6 Å². The first-order valence-corrected chi connectivity index (χ1v) is 7.24. The van der Waals surface area contributed by atoms with E-state index in [1.165, 1.54) is 6.20 Å². The fourth-order valence-corrected chi connectivity index (χ4v) is 3.63. The number of nitrogens with one attached hydrogen (secondary N) is 1. The van der Waals surface area contributed by atoms with Crippen molar-refractivity contribution < 1.29 is 19.5 Å². The number of piperidine rings is 1. The number of H-pyrrole nitrogens is 1. The van der Waals surface area contributed by atoms with Gasteiger partial charge in [0.1, 0.15) is 5.69 Å². The van der Waals surface area contributed by atoms with Crippen molar-refractivity contribution in [1.29, 1.82) is 0 Å². The highest BCUT2D eigenvalue weighted by Crippen LogP contribution is 2.42. The number of nitrogens with zero attached hydrogens (tertiary/aromatic N) is 3. The van der Waals surface area contributed by atoms with Crippen LogP contribution in [0.4, 0.5) is 0 Å². The van der Waals surface area contributed by atoms with Crippen LogP contribution in [0.25, 0.3) is 0 Å². The third kappa shape index (κ3) is 2.06. The number of hydrogen-bond acceptors (Lipinski definition) is 4. The van der Waals surface area contributed by atoms with Gasteiger partial charge in [0.2, 0.25) is 5.91 Å². The molecule has 3 rings (SSSR count). The van der Waals surface area contributed by atoms with E-state index in [0.717, 1.165) is 0 Å². The second kappa shape index (κ2) is 5.11. The van der Waals surface area contributed by atoms with Gasteiger partial charge in [-0.1, -0.05) is 0 Å². The molecule has 0 aliphatic carbocycles. The Kier molecular flexibility index (Phi) is 3.38. The maximum Gasteiger partial charge on any atom is 0.309 e. The smallest absolute Gasteiger partial charge is 0.309 e. The summed E-state index contributed by atoms with van der Waals surface area (Å²) in [5, 5.41) is 15.8. The average Bonchev–Trinajstić information content (AvgIpc) is 3.11. The number of hydrogen-bond donors (Lipinski definition) is 2. The van der Waals surface area contributed by atoms with Gasteiger partial charge in [-0.25, -0.2) is 0 Å². The molecule has 3 heterocycles. The molecule has 2 amide bonds. The van der Waals surface area contributed by atoms with Crippen LogP contribution >= 0.6 is 0 Å². The fraction of sp³-hybridized carbons (Fsp3) is 0.571. The highest BCUT2D eigenvalue weighted by molar-refractivity contribution is 5.92. The average molecular weight is 306 g/mol. The lowest BCUT2D eigenvalue weighted by molar-refractivity contribution is -0.145. The summed E-state index contributed by atoms with van der Waals surface area (Å²) in [6.45, 7) is 0.860. The molecule has 118 valence electrons. The van der Waals surface area contributed by atoms with Crippen LogP contribution in [0.15, 0.2) is 12.3 Å². The van der Waals surface area contributed by atoms with Gasteiger partial charge in [0.25, 0.3) is 5.91 Å². The van der Waals surface area contributed by atoms with E-state index in [2.05, 4.69) is 10.2 Å². The van der Waals surface area contributed by atoms with Gasteiger partial charge in [-0.05, 0) is 18.9 Å². The molecule has 22 heavy (non-hydrogen) atoms. The zero-order chi connectivity index (χ0) is 15.9. The number of aromatic amines is 1. The lowest BCUT2D eigenvalue weighted by Gasteiger charge is -2.45. The van der Waals surface area contributed by atoms with Crippen molar-refractivity contribution in [2.45, 2.75) is 24.8 Å². The number of aliphatic carboxylic acids is 1. The summed E-state index contributed by atoms with van der Waals surface area (Å²) in [6, 6.07) is 1.61. The molecule has 8 nitrogen and oxygen atoms in total. The van der Waals surface area contributed by atoms with E-state index in [1.54, 1.807) is 22.9 Å². The van der Waals surface area contributed by atoms with Crippen LogP contribution < -0.4 is 0 Å². The number of carboxylic acids is 1. The van der Waals surface area contributed by atoms with Crippen molar-refractivity contribution >= 4 is 17.8 Å². The predicted molar refractivity (Wildman–Crippen MR) is 75.0 cm³/mol. The molecule has 2 aliphatic rings. The molecule has 1 aromatic rings. The van der Waals surface area contributed by atoms with Gasteiger partial charge in [0.15, 0.2) is 0 Å². The van der Waals surface area contributed by atoms with Gasteiger partial charge in [-0.3, -0.25) is 19.5 Å². The Hall–Kier alpha value is -2.38. The molecule has 2 N–H and O–H groups in total. The Morgan fingerprint density at radius 1 is 1.41 bits per heavy atom. The molecule has 1 spiro atoms. The zero-order valence-electron chi connectivity index (χ0n) is 12.3. The molecule has 0 bridgehead atoms. The summed E-state index contributed by atoms with van der Waals surface area (Å²) in [5.74, 6) is -1.92. The van der Waals surface area contributed by atoms with Crippen molar-refractivity contribution in [3.63, 3.8) is 0 Å². The molecule has 0 aromatic carbocycles. The normalized spacial score (nSPS) is 24.0. The van der Waals surface area contributed by atoms with Crippen molar-refractivity contribution in [2.75, 3.05) is 20.1 Å². The van der Waals surface area contributed by atoms with Gasteiger partial charge in [0.05, 0.1) is 11.5 Å². The minimum absolute atomic E-state index is 0.0420. The Balaban J connectivity index is 1.76. The highest BCUT2D eigenvalue weighted by Gasteiger charge is 2.55. The van der Waals surface area contributed by atoms with Crippen molar-refractivity contribution in [1.82, 2.24) is 20.0 Å². The fourth-order valence-electron chi connectivity index (χ4n) is 3.63. The summed E-state index contributed by atoms with van der Waals surface area (Å²) in [4.78, 5) is 39.0. The second-order valence-corrected chi connectivity index (χ2v) is 5.91. The van der Waals surface area contributed by atoms with Gasteiger partial charge >= 0.3 is 5.97 Å². The summed E-state index contributed by atoms with van der Waals surface area (Å²) in [6.07, 6.45) is 2.51. The SMILES string of the molecule is CN1C(=O)C[C@@H](C(=O)O)C12CCN(C(=O)c1ccn[nH]1)CC2. The number of rotatable bonds is 2. The first kappa shape index (κ1) is 14.6. The summed E-state index contributed by atoms with van der Waals surface area (Å²) in [5.41, 5.74) is -0.255. The van der Waals surface area contributed by atoms with E-state index in [9.17, 15) is 19.5 Å². The third-order valence-corrected chi connectivity index (χ3v) is 5.02. The van der Waals surface area contributed by atoms with E-state index in [-0.39, 0.29) is 18.2 Å². The Morgan fingerprint density at radius 3 is 2.64 bits per heavy atom. The monoisotopic (exact) mass is 306 g/mol. The Labute approximate surface area is 127 Å². The molecule has 1 atom stereocenters. The highest BCUT2D eigenvalue weighted by atomic mass is 16.4. The second-order valence-electron chi connectivity index (χ2n) is 5.91. The number of likely N-dealkylation sites (tertiary alicyclic amines) is 2. The number of carboxylic acid groups (broad SMARTS) is 1. The molecule has 1 aromatic heterocycles. The standard InChI is InChI=1S/C14H18N4O4/c1-17-11(19)8-9(13(21)22)14(17)3-6-18(7-4-14)12(20)10-2-5-15-16-10/h2,5,9H,3-4,6-8H2,1H3,(H,15,16)(H,21,22)/t9-/m0/s1. The number of carbonyl (C=O) groups excluding carboxylic acids is 2. The molecular formula is C14H18N4O4. The molecule has 0 radical (unpaired) electrons. The molecule has 0 unspecified atom stereocenters. The minimum Gasteiger partial charge on any atom is -0.481 e. The van der Waals surface area contributed by atoms with Gasteiger partial charge in [-0.2, -0.15) is 5.10 Å². The van der Waals surface area contributed by atoms with E-state index in [4.69, 9.17) is 0 Å². The van der Waals surface area contributed by atoms with Gasteiger partial charge < -0.3 is 14.9 Å². The first-order chi connectivity index (χ1) is 10.5. The molecule has 0 saturated carbocycles. The van der Waals surface area contributed by atoms with E-state index in [0.29, 0.717) is 31.6 Å². The Bertz CT molecular complexity index is 604. The number of amides is 2. The lowest BCUT2D eigenvalue weighted by Crippen LogP contribution is -2.57. The van der Waals surface area contributed by atoms with Gasteiger partial charge in [0, 0.05) is 32.8 Å². The number of aromatic nitrogens is 2. The van der Waals surface area contributed by atoms with Crippen LogP contribution in [0.3, 0.4) is 0 Å². The number of carbonyl (C=O) groups is 3. The van der Waals surface area contributed by atoms with Crippen LogP contribution in [0.2, 0.25) is 0 Å². The lowest BCUT2D eigenvalue weighted by atomic mass is 9.77. The largest absolute Gasteiger partial charge is 0.481 e. The predicted octanol–water partition coefficient (Wildman–Crippen LogP) is -0.0526. The van der Waals surface area contributed by atoms with Crippen molar-refractivity contribution in [3.8, 4) is 0 Å². The molecule has 2 saturated heterocycles. The molecular weight excluding hydrogens is 288 g/mol. The van der Waals surface area contributed by atoms with E-state index in [1.807, 2.05) is 0 Å². The van der Waals surface area contributed by atoms with Crippen LogP contribution in [0, 0.1) is 5.92 Å². The van der Waals surface area contributed by atoms with Gasteiger partial charge in [-0.15, -0.1) is 0 Å². The maximum absolute atomic E-state index is 12.3. The summed E-state index contributed by atoms with van der Waals surface area (Å²) < 4.78 is 0. The summed E-state index contributed by atoms with van der Waals surface area (Å²) >= 11 is 0. The molecule has 8 heteroatoms. The zero-order valence-corrected chi connectivity index (χ0v) is 12.3. The van der Waals surface area contributed by atoms with Crippen LogP contribution in [0.5, 0.6) is 0 Å². The third-order valence-electron chi connectivity index (χ3n) is 5.02. The maximum atomic E-state index is 12.3. The van der Waals surface area contributed by atoms with Crippen molar-refractivity contribution in [2.24, 2.45) is 5.92 Å². The quantitative estimate of drug-likeness (QED) is 0.796. The van der Waals surface area contributed by atoms with Crippen LogP contribution in [-0.2, 0) is 9.59 Å². The molecule has 2 fully saturated rings. The summed E-state index contributed by atoms with van der Waals surface area (Å²) in [7, 11) is 1.66.